The van der Waals surface area contributed by atoms with E-state index in [-0.39, 0.29) is 41.8 Å². The molecule has 3 heterocycles. The van der Waals surface area contributed by atoms with E-state index in [2.05, 4.69) is 6.07 Å². The number of carbonyl (C=O) groups is 2. The first kappa shape index (κ1) is 20.4. The van der Waals surface area contributed by atoms with Crippen LogP contribution in [0.25, 0.3) is 0 Å². The Morgan fingerprint density at radius 3 is 2.65 bits per heavy atom. The van der Waals surface area contributed by atoms with Gasteiger partial charge in [0.2, 0.25) is 11.8 Å². The Kier molecular flexibility index (Phi) is 5.19. The number of rotatable bonds is 6. The van der Waals surface area contributed by atoms with E-state index >= 15 is 0 Å². The minimum absolute atomic E-state index is 0.00143. The van der Waals surface area contributed by atoms with E-state index < -0.39 is 6.04 Å². The van der Waals surface area contributed by atoms with Crippen LogP contribution in [0.4, 0.5) is 4.39 Å². The van der Waals surface area contributed by atoms with Crippen molar-refractivity contribution in [2.24, 2.45) is 11.7 Å². The summed E-state index contributed by atoms with van der Waals surface area (Å²) in [6.45, 7) is 1.60. The molecule has 1 saturated carbocycles. The van der Waals surface area contributed by atoms with Crippen molar-refractivity contribution in [3.8, 4) is 6.07 Å². The molecule has 7 nitrogen and oxygen atoms in total. The van der Waals surface area contributed by atoms with Crippen LogP contribution in [0.2, 0.25) is 0 Å². The second-order valence-electron chi connectivity index (χ2n) is 9.36. The molecule has 0 unspecified atom stereocenters. The Morgan fingerprint density at radius 2 is 2.00 bits per heavy atom. The highest BCUT2D eigenvalue weighted by Gasteiger charge is 2.54. The van der Waals surface area contributed by atoms with Gasteiger partial charge >= 0.3 is 0 Å². The number of benzene rings is 1. The number of likely N-dealkylation sites (tertiary alicyclic amines) is 3. The molecule has 0 radical (unpaired) electrons. The topological polar surface area (TPSA) is 93.7 Å². The van der Waals surface area contributed by atoms with Crippen molar-refractivity contribution in [1.82, 2.24) is 14.7 Å². The Balaban J connectivity index is 1.26. The van der Waals surface area contributed by atoms with Crippen LogP contribution in [0.3, 0.4) is 0 Å². The molecule has 8 heteroatoms. The van der Waals surface area contributed by atoms with Gasteiger partial charge in [-0.15, -0.1) is 0 Å². The maximum Gasteiger partial charge on any atom is 0.241 e. The zero-order valence-electron chi connectivity index (χ0n) is 17.5. The number of piperazine rings is 1. The Hall–Kier alpha value is -2.50. The van der Waals surface area contributed by atoms with E-state index in [0.717, 1.165) is 31.2 Å². The first-order valence-electron chi connectivity index (χ1n) is 11.3. The highest BCUT2D eigenvalue weighted by atomic mass is 19.1. The summed E-state index contributed by atoms with van der Waals surface area (Å²) in [6.07, 6.45) is 4.44. The minimum Gasteiger partial charge on any atom is -0.330 e. The summed E-state index contributed by atoms with van der Waals surface area (Å²) in [4.78, 5) is 31.7. The Bertz CT molecular complexity index is 912. The maximum absolute atomic E-state index is 13.4. The molecule has 0 spiro atoms. The predicted molar refractivity (Wildman–Crippen MR) is 111 cm³/mol. The van der Waals surface area contributed by atoms with Crippen LogP contribution in [-0.4, -0.2) is 70.3 Å². The predicted octanol–water partition coefficient (Wildman–Crippen LogP) is 1.40. The van der Waals surface area contributed by atoms with Crippen LogP contribution in [-0.2, 0) is 9.59 Å². The molecule has 3 aliphatic heterocycles. The summed E-state index contributed by atoms with van der Waals surface area (Å²) in [7, 11) is 0. The molecular formula is C23H28FN5O2. The fraction of sp³-hybridized carbons (Fsp3) is 0.609. The van der Waals surface area contributed by atoms with Crippen LogP contribution in [0.1, 0.15) is 43.7 Å². The molecule has 1 aromatic carbocycles. The first-order valence-corrected chi connectivity index (χ1v) is 11.3. The quantitative estimate of drug-likeness (QED) is 0.744. The van der Waals surface area contributed by atoms with Gasteiger partial charge in [-0.1, -0.05) is 12.1 Å². The first-order chi connectivity index (χ1) is 15.0. The average molecular weight is 426 g/mol. The normalized spacial score (nSPS) is 30.0. The molecule has 1 aromatic rings. The lowest BCUT2D eigenvalue weighted by atomic mass is 9.99. The molecule has 4 aliphatic rings. The molecule has 5 rings (SSSR count). The largest absolute Gasteiger partial charge is 0.330 e. The van der Waals surface area contributed by atoms with Crippen LogP contribution >= 0.6 is 0 Å². The second kappa shape index (κ2) is 7.88. The number of hydrogen-bond acceptors (Lipinski definition) is 5. The zero-order valence-corrected chi connectivity index (χ0v) is 17.5. The van der Waals surface area contributed by atoms with Crippen molar-refractivity contribution in [2.75, 3.05) is 19.6 Å². The van der Waals surface area contributed by atoms with Crippen molar-refractivity contribution in [3.63, 3.8) is 0 Å². The SMILES string of the molecule is N#C[C@@H]1CCCN1C(=O)[C@@H](N)CN1C[C@@H]2C[C@H]1C(=O)N2[C@H](c1ccc(F)cc1)C1CC1. The number of nitriles is 1. The molecule has 1 aliphatic carbocycles. The fourth-order valence-corrected chi connectivity index (χ4v) is 5.70. The summed E-state index contributed by atoms with van der Waals surface area (Å²) in [5.74, 6) is 0.0599. The van der Waals surface area contributed by atoms with Crippen LogP contribution in [0.15, 0.2) is 24.3 Å². The van der Waals surface area contributed by atoms with Crippen molar-refractivity contribution in [3.05, 3.63) is 35.6 Å². The number of nitrogens with zero attached hydrogens (tertiary/aromatic N) is 4. The molecule has 4 fully saturated rings. The van der Waals surface area contributed by atoms with Gasteiger partial charge in [0.1, 0.15) is 11.9 Å². The number of amides is 2. The van der Waals surface area contributed by atoms with E-state index in [9.17, 15) is 19.2 Å². The average Bonchev–Trinajstić information content (AvgIpc) is 3.20. The van der Waals surface area contributed by atoms with Gasteiger partial charge in [0.25, 0.3) is 0 Å². The second-order valence-corrected chi connectivity index (χ2v) is 9.36. The smallest absolute Gasteiger partial charge is 0.241 e. The summed E-state index contributed by atoms with van der Waals surface area (Å²) < 4.78 is 13.4. The minimum atomic E-state index is -0.731. The van der Waals surface area contributed by atoms with Gasteiger partial charge < -0.3 is 15.5 Å². The van der Waals surface area contributed by atoms with E-state index in [0.29, 0.717) is 32.0 Å². The Labute approximate surface area is 181 Å². The molecule has 0 aromatic heterocycles. The molecule has 164 valence electrons. The van der Waals surface area contributed by atoms with Crippen LogP contribution in [0.5, 0.6) is 0 Å². The van der Waals surface area contributed by atoms with Crippen LogP contribution in [0, 0.1) is 23.1 Å². The van der Waals surface area contributed by atoms with E-state index in [4.69, 9.17) is 5.73 Å². The molecule has 2 amide bonds. The number of hydrogen-bond donors (Lipinski definition) is 1. The third kappa shape index (κ3) is 3.60. The molecular weight excluding hydrogens is 397 g/mol. The highest BCUT2D eigenvalue weighted by Crippen LogP contribution is 2.49. The lowest BCUT2D eigenvalue weighted by molar-refractivity contribution is -0.141. The van der Waals surface area contributed by atoms with Crippen molar-refractivity contribution >= 4 is 11.8 Å². The van der Waals surface area contributed by atoms with Crippen molar-refractivity contribution in [1.29, 1.82) is 5.26 Å². The van der Waals surface area contributed by atoms with Gasteiger partial charge in [0.05, 0.1) is 24.2 Å². The number of halogens is 1. The summed E-state index contributed by atoms with van der Waals surface area (Å²) in [5, 5.41) is 9.25. The lowest BCUT2D eigenvalue weighted by Crippen LogP contribution is -2.57. The van der Waals surface area contributed by atoms with Crippen LogP contribution < -0.4 is 5.73 Å². The lowest BCUT2D eigenvalue weighted by Gasteiger charge is -2.40. The van der Waals surface area contributed by atoms with E-state index in [1.165, 1.54) is 12.1 Å². The third-order valence-corrected chi connectivity index (χ3v) is 7.33. The van der Waals surface area contributed by atoms with E-state index in [1.54, 1.807) is 17.0 Å². The zero-order chi connectivity index (χ0) is 21.7. The fourth-order valence-electron chi connectivity index (χ4n) is 5.70. The van der Waals surface area contributed by atoms with Crippen molar-refractivity contribution < 1.29 is 14.0 Å². The standard InChI is InChI=1S/C23H28FN5O2/c24-16-7-5-15(6-8-16)21(14-3-4-14)29-18-10-20(23(29)31)27(12-18)13-19(26)22(30)28-9-1-2-17(28)11-25/h5-8,14,17-21H,1-4,9-10,12-13,26H2/t17-,18-,19-,20-,21-/m0/s1. The van der Waals surface area contributed by atoms with Gasteiger partial charge in [0.15, 0.2) is 0 Å². The van der Waals surface area contributed by atoms with Crippen molar-refractivity contribution in [2.45, 2.75) is 62.3 Å². The Morgan fingerprint density at radius 1 is 1.26 bits per heavy atom. The summed E-state index contributed by atoms with van der Waals surface area (Å²) >= 11 is 0. The van der Waals surface area contributed by atoms with Gasteiger partial charge in [-0.2, -0.15) is 5.26 Å². The molecule has 2 bridgehead atoms. The number of carbonyl (C=O) groups excluding carboxylic acids is 2. The monoisotopic (exact) mass is 425 g/mol. The van der Waals surface area contributed by atoms with E-state index in [1.807, 2.05) is 9.80 Å². The van der Waals surface area contributed by atoms with Gasteiger partial charge in [0, 0.05) is 25.7 Å². The number of fused-ring (bicyclic) bond motifs is 2. The molecule has 2 N–H and O–H groups in total. The third-order valence-electron chi connectivity index (χ3n) is 7.33. The number of nitrogens with two attached hydrogens (primary N) is 1. The van der Waals surface area contributed by atoms with Gasteiger partial charge in [-0.05, 0) is 55.7 Å². The molecule has 5 atom stereocenters. The summed E-state index contributed by atoms with van der Waals surface area (Å²) in [5.41, 5.74) is 7.23. The van der Waals surface area contributed by atoms with Gasteiger partial charge in [-0.3, -0.25) is 14.5 Å². The summed E-state index contributed by atoms with van der Waals surface area (Å²) in [6, 6.07) is 7.43. The maximum atomic E-state index is 13.4. The van der Waals surface area contributed by atoms with Gasteiger partial charge in [-0.25, -0.2) is 4.39 Å². The molecule has 31 heavy (non-hydrogen) atoms. The molecule has 3 saturated heterocycles. The highest BCUT2D eigenvalue weighted by molar-refractivity contribution is 5.87.